The third-order valence-corrected chi connectivity index (χ3v) is 3.24. The Morgan fingerprint density at radius 1 is 1.19 bits per heavy atom. The molecule has 0 fully saturated rings. The van der Waals surface area contributed by atoms with Crippen molar-refractivity contribution in [1.82, 2.24) is 9.97 Å². The molecule has 0 aliphatic carbocycles. The number of carbonyl (C=O) groups is 1. The van der Waals surface area contributed by atoms with Crippen LogP contribution in [0.25, 0.3) is 22.2 Å². The van der Waals surface area contributed by atoms with Crippen molar-refractivity contribution in [3.63, 3.8) is 0 Å². The van der Waals surface area contributed by atoms with Gasteiger partial charge >= 0.3 is 5.97 Å². The summed E-state index contributed by atoms with van der Waals surface area (Å²) in [6.45, 7) is 0. The summed E-state index contributed by atoms with van der Waals surface area (Å²) in [5.41, 5.74) is 1.28. The van der Waals surface area contributed by atoms with E-state index in [1.807, 2.05) is 0 Å². The van der Waals surface area contributed by atoms with E-state index in [0.29, 0.717) is 27.2 Å². The standard InChI is InChI=1S/C15H8ClFN2O2/c16-9-1-2-13-11(4-9)12(15(20)21)5-14(19-13)8-3-10(17)7-18-6-8/h1-7H,(H,20,21). The lowest BCUT2D eigenvalue weighted by Gasteiger charge is -2.07. The van der Waals surface area contributed by atoms with Crippen LogP contribution in [-0.2, 0) is 0 Å². The quantitative estimate of drug-likeness (QED) is 0.782. The van der Waals surface area contributed by atoms with E-state index >= 15 is 0 Å². The summed E-state index contributed by atoms with van der Waals surface area (Å²) in [6.07, 6.45) is 2.50. The molecule has 104 valence electrons. The number of aromatic carboxylic acids is 1. The van der Waals surface area contributed by atoms with Crippen molar-refractivity contribution in [3.8, 4) is 11.3 Å². The molecule has 0 saturated heterocycles. The van der Waals surface area contributed by atoms with Gasteiger partial charge in [-0.2, -0.15) is 0 Å². The van der Waals surface area contributed by atoms with Gasteiger partial charge in [0.2, 0.25) is 0 Å². The van der Waals surface area contributed by atoms with Gasteiger partial charge in [-0.05, 0) is 30.3 Å². The number of hydrogen-bond acceptors (Lipinski definition) is 3. The van der Waals surface area contributed by atoms with E-state index in [-0.39, 0.29) is 5.56 Å². The summed E-state index contributed by atoms with van der Waals surface area (Å²) in [5, 5.41) is 10.2. The number of carboxylic acid groups (broad SMARTS) is 1. The van der Waals surface area contributed by atoms with Gasteiger partial charge in [-0.3, -0.25) is 4.98 Å². The summed E-state index contributed by atoms with van der Waals surface area (Å²) >= 11 is 5.89. The molecular weight excluding hydrogens is 295 g/mol. The number of aromatic nitrogens is 2. The Kier molecular flexibility index (Phi) is 3.27. The second-order valence-electron chi connectivity index (χ2n) is 4.41. The molecule has 0 radical (unpaired) electrons. The first-order valence-corrected chi connectivity index (χ1v) is 6.37. The lowest BCUT2D eigenvalue weighted by Crippen LogP contribution is -2.00. The zero-order chi connectivity index (χ0) is 15.0. The van der Waals surface area contributed by atoms with Gasteiger partial charge in [0.05, 0.1) is 23.0 Å². The van der Waals surface area contributed by atoms with Crippen LogP contribution in [-0.4, -0.2) is 21.0 Å². The Morgan fingerprint density at radius 3 is 2.71 bits per heavy atom. The van der Waals surface area contributed by atoms with Crippen LogP contribution in [0.15, 0.2) is 42.7 Å². The average Bonchev–Trinajstić information content (AvgIpc) is 2.46. The largest absolute Gasteiger partial charge is 0.478 e. The van der Waals surface area contributed by atoms with Gasteiger partial charge in [0, 0.05) is 22.2 Å². The zero-order valence-electron chi connectivity index (χ0n) is 10.5. The van der Waals surface area contributed by atoms with E-state index in [4.69, 9.17) is 11.6 Å². The molecule has 4 nitrogen and oxygen atoms in total. The van der Waals surface area contributed by atoms with Gasteiger partial charge in [0.25, 0.3) is 0 Å². The minimum Gasteiger partial charge on any atom is -0.478 e. The molecule has 1 N–H and O–H groups in total. The predicted octanol–water partition coefficient (Wildman–Crippen LogP) is 3.79. The van der Waals surface area contributed by atoms with Crippen LogP contribution < -0.4 is 0 Å². The molecule has 0 amide bonds. The van der Waals surface area contributed by atoms with Crippen LogP contribution in [0.3, 0.4) is 0 Å². The van der Waals surface area contributed by atoms with Gasteiger partial charge in [-0.25, -0.2) is 14.2 Å². The lowest BCUT2D eigenvalue weighted by atomic mass is 10.1. The van der Waals surface area contributed by atoms with Crippen LogP contribution in [0, 0.1) is 5.82 Å². The predicted molar refractivity (Wildman–Crippen MR) is 76.9 cm³/mol. The number of nitrogens with zero attached hydrogens (tertiary/aromatic N) is 2. The molecule has 0 saturated carbocycles. The first-order valence-electron chi connectivity index (χ1n) is 5.99. The molecule has 1 aromatic carbocycles. The lowest BCUT2D eigenvalue weighted by molar-refractivity contribution is 0.0699. The van der Waals surface area contributed by atoms with Crippen LogP contribution >= 0.6 is 11.6 Å². The number of pyridine rings is 2. The summed E-state index contributed by atoms with van der Waals surface area (Å²) in [6, 6.07) is 7.43. The Labute approximate surface area is 123 Å². The molecule has 21 heavy (non-hydrogen) atoms. The SMILES string of the molecule is O=C(O)c1cc(-c2cncc(F)c2)nc2ccc(Cl)cc12. The molecule has 0 spiro atoms. The number of carboxylic acids is 1. The minimum absolute atomic E-state index is 0.0572. The number of halogens is 2. The highest BCUT2D eigenvalue weighted by Gasteiger charge is 2.13. The van der Waals surface area contributed by atoms with Gasteiger partial charge < -0.3 is 5.11 Å². The highest BCUT2D eigenvalue weighted by molar-refractivity contribution is 6.31. The van der Waals surface area contributed by atoms with Crippen LogP contribution in [0.5, 0.6) is 0 Å². The summed E-state index contributed by atoms with van der Waals surface area (Å²) in [4.78, 5) is 19.5. The molecule has 0 unspecified atom stereocenters. The van der Waals surface area contributed by atoms with E-state index in [0.717, 1.165) is 6.20 Å². The van der Waals surface area contributed by atoms with E-state index in [1.54, 1.807) is 18.2 Å². The van der Waals surface area contributed by atoms with Crippen LogP contribution in [0.1, 0.15) is 10.4 Å². The highest BCUT2D eigenvalue weighted by atomic mass is 35.5. The van der Waals surface area contributed by atoms with Crippen molar-refractivity contribution in [2.45, 2.75) is 0 Å². The van der Waals surface area contributed by atoms with Crippen molar-refractivity contribution in [3.05, 3.63) is 59.1 Å². The fraction of sp³-hybridized carbons (Fsp3) is 0. The van der Waals surface area contributed by atoms with E-state index in [2.05, 4.69) is 9.97 Å². The third kappa shape index (κ3) is 2.55. The molecule has 3 rings (SSSR count). The summed E-state index contributed by atoms with van der Waals surface area (Å²) < 4.78 is 13.3. The minimum atomic E-state index is -1.10. The monoisotopic (exact) mass is 302 g/mol. The molecule has 0 bridgehead atoms. The van der Waals surface area contributed by atoms with E-state index < -0.39 is 11.8 Å². The highest BCUT2D eigenvalue weighted by Crippen LogP contribution is 2.27. The maximum atomic E-state index is 13.3. The normalized spacial score (nSPS) is 10.8. The van der Waals surface area contributed by atoms with Crippen molar-refractivity contribution in [2.24, 2.45) is 0 Å². The van der Waals surface area contributed by atoms with Crippen molar-refractivity contribution in [2.75, 3.05) is 0 Å². The number of fused-ring (bicyclic) bond motifs is 1. The molecule has 0 aliphatic heterocycles. The Balaban J connectivity index is 2.31. The zero-order valence-corrected chi connectivity index (χ0v) is 11.3. The Bertz CT molecular complexity index is 867. The summed E-state index contributed by atoms with van der Waals surface area (Å²) in [5.74, 6) is -1.61. The van der Waals surface area contributed by atoms with Gasteiger partial charge in [0.15, 0.2) is 0 Å². The first kappa shape index (κ1) is 13.5. The van der Waals surface area contributed by atoms with E-state index in [1.165, 1.54) is 18.3 Å². The molecule has 6 heteroatoms. The number of hydrogen-bond donors (Lipinski definition) is 1. The Morgan fingerprint density at radius 2 is 2.00 bits per heavy atom. The fourth-order valence-electron chi connectivity index (χ4n) is 2.07. The second-order valence-corrected chi connectivity index (χ2v) is 4.85. The number of rotatable bonds is 2. The molecule has 2 aromatic heterocycles. The van der Waals surface area contributed by atoms with Crippen molar-refractivity contribution < 1.29 is 14.3 Å². The second kappa shape index (κ2) is 5.10. The first-order chi connectivity index (χ1) is 10.0. The fourth-order valence-corrected chi connectivity index (χ4v) is 2.25. The molecule has 2 heterocycles. The molecule has 3 aromatic rings. The molecule has 0 atom stereocenters. The van der Waals surface area contributed by atoms with Crippen LogP contribution in [0.2, 0.25) is 5.02 Å². The van der Waals surface area contributed by atoms with Crippen molar-refractivity contribution in [1.29, 1.82) is 0 Å². The maximum Gasteiger partial charge on any atom is 0.336 e. The van der Waals surface area contributed by atoms with Crippen molar-refractivity contribution >= 4 is 28.5 Å². The average molecular weight is 303 g/mol. The summed E-state index contributed by atoms with van der Waals surface area (Å²) in [7, 11) is 0. The molecule has 0 aliphatic rings. The molecular formula is C15H8ClFN2O2. The Hall–Kier alpha value is -2.53. The van der Waals surface area contributed by atoms with Gasteiger partial charge in [-0.15, -0.1) is 0 Å². The van der Waals surface area contributed by atoms with Gasteiger partial charge in [0.1, 0.15) is 5.82 Å². The topological polar surface area (TPSA) is 63.1 Å². The smallest absolute Gasteiger partial charge is 0.336 e. The number of benzene rings is 1. The van der Waals surface area contributed by atoms with Gasteiger partial charge in [-0.1, -0.05) is 11.6 Å². The third-order valence-electron chi connectivity index (χ3n) is 3.00. The van der Waals surface area contributed by atoms with E-state index in [9.17, 15) is 14.3 Å². The van der Waals surface area contributed by atoms with Crippen LogP contribution in [0.4, 0.5) is 4.39 Å². The maximum absolute atomic E-state index is 13.3.